The lowest BCUT2D eigenvalue weighted by Gasteiger charge is -2.22. The molecule has 0 aliphatic carbocycles. The number of amides is 1. The first-order chi connectivity index (χ1) is 12.3. The van der Waals surface area contributed by atoms with Crippen LogP contribution in [0.25, 0.3) is 5.69 Å². The number of β-amino-alcohol motifs (C(OH)–C–C–N with tert-alkyl or cyclic N) is 1. The Hall–Kier alpha value is -2.81. The van der Waals surface area contributed by atoms with Crippen molar-refractivity contribution in [1.82, 2.24) is 14.7 Å². The third-order valence-corrected chi connectivity index (χ3v) is 4.39. The van der Waals surface area contributed by atoms with Gasteiger partial charge in [0.05, 0.1) is 30.7 Å². The lowest BCUT2D eigenvalue weighted by molar-refractivity contribution is -0.145. The number of nitrogens with zero attached hydrogens (tertiary/aromatic N) is 3. The number of hydrogen-bond acceptors (Lipinski definition) is 5. The molecule has 0 radical (unpaired) electrons. The molecule has 1 aliphatic rings. The number of benzene rings is 1. The standard InChI is InChI=1S/C17H17F2N3O4/c1-9-12(7-20-22(9)14-4-3-10(18)5-13(14)19)16(24)21-8-11(23)6-15(21)17(25)26-2/h3-5,7,11,15,23H,6,8H2,1-2H3/t11-,15?/m1/s1. The first kappa shape index (κ1) is 18.0. The summed E-state index contributed by atoms with van der Waals surface area (Å²) < 4.78 is 33.0. The smallest absolute Gasteiger partial charge is 0.328 e. The Labute approximate surface area is 147 Å². The Morgan fingerprint density at radius 3 is 2.73 bits per heavy atom. The van der Waals surface area contributed by atoms with Gasteiger partial charge in [0, 0.05) is 19.0 Å². The van der Waals surface area contributed by atoms with Crippen molar-refractivity contribution in [2.75, 3.05) is 13.7 Å². The number of halogens is 2. The molecule has 2 atom stereocenters. The maximum Gasteiger partial charge on any atom is 0.328 e. The van der Waals surface area contributed by atoms with Gasteiger partial charge in [-0.3, -0.25) is 4.79 Å². The molecule has 1 aromatic carbocycles. The van der Waals surface area contributed by atoms with Crippen molar-refractivity contribution < 1.29 is 28.2 Å². The van der Waals surface area contributed by atoms with Crippen LogP contribution in [0.5, 0.6) is 0 Å². The molecule has 0 saturated carbocycles. The highest BCUT2D eigenvalue weighted by Crippen LogP contribution is 2.24. The van der Waals surface area contributed by atoms with Crippen LogP contribution in [0.15, 0.2) is 24.4 Å². The SMILES string of the molecule is COC(=O)C1C[C@@H](O)CN1C(=O)c1cnn(-c2ccc(F)cc2F)c1C. The highest BCUT2D eigenvalue weighted by molar-refractivity contribution is 5.98. The number of aliphatic hydroxyl groups excluding tert-OH is 1. The molecule has 138 valence electrons. The van der Waals surface area contributed by atoms with Crippen molar-refractivity contribution in [2.45, 2.75) is 25.5 Å². The number of aromatic nitrogens is 2. The normalized spacial score (nSPS) is 19.7. The monoisotopic (exact) mass is 365 g/mol. The molecule has 1 amide bonds. The van der Waals surface area contributed by atoms with Crippen LogP contribution in [-0.4, -0.2) is 57.5 Å². The Morgan fingerprint density at radius 1 is 1.35 bits per heavy atom. The first-order valence-electron chi connectivity index (χ1n) is 7.90. The van der Waals surface area contributed by atoms with Gasteiger partial charge in [-0.1, -0.05) is 0 Å². The lowest BCUT2D eigenvalue weighted by atomic mass is 10.2. The number of likely N-dealkylation sites (tertiary alicyclic amines) is 1. The van der Waals surface area contributed by atoms with Crippen LogP contribution in [-0.2, 0) is 9.53 Å². The number of esters is 1. The van der Waals surface area contributed by atoms with Crippen LogP contribution in [0.1, 0.15) is 22.5 Å². The molecule has 26 heavy (non-hydrogen) atoms. The Balaban J connectivity index is 1.94. The van der Waals surface area contributed by atoms with Gasteiger partial charge in [-0.2, -0.15) is 5.10 Å². The second kappa shape index (κ2) is 6.83. The highest BCUT2D eigenvalue weighted by atomic mass is 19.1. The number of ether oxygens (including phenoxy) is 1. The molecule has 1 fully saturated rings. The summed E-state index contributed by atoms with van der Waals surface area (Å²) >= 11 is 0. The summed E-state index contributed by atoms with van der Waals surface area (Å²) in [5.41, 5.74) is 0.469. The minimum Gasteiger partial charge on any atom is -0.467 e. The summed E-state index contributed by atoms with van der Waals surface area (Å²) in [4.78, 5) is 25.9. The number of methoxy groups -OCH3 is 1. The Morgan fingerprint density at radius 2 is 2.08 bits per heavy atom. The minimum absolute atomic E-state index is 0.00563. The summed E-state index contributed by atoms with van der Waals surface area (Å²) in [6, 6.07) is 2.14. The number of hydrogen-bond donors (Lipinski definition) is 1. The summed E-state index contributed by atoms with van der Waals surface area (Å²) in [6.45, 7) is 1.54. The molecule has 1 N–H and O–H groups in total. The van der Waals surface area contributed by atoms with Gasteiger partial charge in [0.1, 0.15) is 17.5 Å². The molecule has 2 heterocycles. The highest BCUT2D eigenvalue weighted by Gasteiger charge is 2.40. The molecule has 0 bridgehead atoms. The van der Waals surface area contributed by atoms with E-state index in [2.05, 4.69) is 9.84 Å². The summed E-state index contributed by atoms with van der Waals surface area (Å²) in [7, 11) is 1.20. The van der Waals surface area contributed by atoms with Gasteiger partial charge in [0.25, 0.3) is 5.91 Å². The molecule has 7 nitrogen and oxygen atoms in total. The summed E-state index contributed by atoms with van der Waals surface area (Å²) in [5.74, 6) is -2.69. The van der Waals surface area contributed by atoms with E-state index in [0.717, 1.165) is 12.1 Å². The van der Waals surface area contributed by atoms with Gasteiger partial charge in [0.2, 0.25) is 0 Å². The fourth-order valence-electron chi connectivity index (χ4n) is 3.07. The third-order valence-electron chi connectivity index (χ3n) is 4.39. The van der Waals surface area contributed by atoms with Crippen LogP contribution < -0.4 is 0 Å². The van der Waals surface area contributed by atoms with Gasteiger partial charge >= 0.3 is 5.97 Å². The average molecular weight is 365 g/mol. The van der Waals surface area contributed by atoms with Crippen LogP contribution in [0, 0.1) is 18.6 Å². The van der Waals surface area contributed by atoms with E-state index in [0.29, 0.717) is 5.69 Å². The van der Waals surface area contributed by atoms with Gasteiger partial charge in [-0.05, 0) is 19.1 Å². The van der Waals surface area contributed by atoms with E-state index >= 15 is 0 Å². The van der Waals surface area contributed by atoms with Crippen molar-refractivity contribution in [2.24, 2.45) is 0 Å². The van der Waals surface area contributed by atoms with Gasteiger partial charge < -0.3 is 14.7 Å². The predicted octanol–water partition coefficient (Wildman–Crippen LogP) is 1.21. The Kier molecular flexibility index (Phi) is 4.73. The van der Waals surface area contributed by atoms with E-state index in [9.17, 15) is 23.5 Å². The fraction of sp³-hybridized carbons (Fsp3) is 0.353. The molecular formula is C17H17F2N3O4. The van der Waals surface area contributed by atoms with E-state index in [1.54, 1.807) is 6.92 Å². The second-order valence-electron chi connectivity index (χ2n) is 6.04. The quantitative estimate of drug-likeness (QED) is 0.827. The van der Waals surface area contributed by atoms with Crippen molar-refractivity contribution in [3.63, 3.8) is 0 Å². The zero-order valence-corrected chi connectivity index (χ0v) is 14.1. The van der Waals surface area contributed by atoms with Crippen molar-refractivity contribution in [3.05, 3.63) is 47.3 Å². The molecule has 3 rings (SSSR count). The number of rotatable bonds is 3. The molecule has 9 heteroatoms. The molecule has 1 aromatic heterocycles. The van der Waals surface area contributed by atoms with E-state index in [4.69, 9.17) is 0 Å². The van der Waals surface area contributed by atoms with Crippen LogP contribution in [0.2, 0.25) is 0 Å². The Bertz CT molecular complexity index is 868. The summed E-state index contributed by atoms with van der Waals surface area (Å²) in [6.07, 6.45) is 0.491. The average Bonchev–Trinajstić information content (AvgIpc) is 3.17. The van der Waals surface area contributed by atoms with Gasteiger partial charge in [0.15, 0.2) is 5.82 Å². The second-order valence-corrected chi connectivity index (χ2v) is 6.04. The molecule has 1 aliphatic heterocycles. The predicted molar refractivity (Wildman–Crippen MR) is 85.7 cm³/mol. The largest absolute Gasteiger partial charge is 0.467 e. The van der Waals surface area contributed by atoms with Gasteiger partial charge in [-0.25, -0.2) is 18.3 Å². The number of carbonyl (C=O) groups excluding carboxylic acids is 2. The van der Waals surface area contributed by atoms with E-state index < -0.39 is 35.7 Å². The van der Waals surface area contributed by atoms with Crippen molar-refractivity contribution in [3.8, 4) is 5.69 Å². The van der Waals surface area contributed by atoms with Gasteiger partial charge in [-0.15, -0.1) is 0 Å². The maximum atomic E-state index is 14.0. The molecule has 2 aromatic rings. The van der Waals surface area contributed by atoms with Crippen molar-refractivity contribution in [1.29, 1.82) is 0 Å². The molecule has 1 saturated heterocycles. The lowest BCUT2D eigenvalue weighted by Crippen LogP contribution is -2.41. The van der Waals surface area contributed by atoms with Crippen molar-refractivity contribution >= 4 is 11.9 Å². The zero-order chi connectivity index (χ0) is 19.0. The minimum atomic E-state index is -0.896. The number of aliphatic hydroxyl groups is 1. The fourth-order valence-corrected chi connectivity index (χ4v) is 3.07. The van der Waals surface area contributed by atoms with E-state index in [1.165, 1.54) is 29.0 Å². The zero-order valence-electron chi connectivity index (χ0n) is 14.1. The molecule has 1 unspecified atom stereocenters. The third kappa shape index (κ3) is 3.05. The van der Waals surface area contributed by atoms with Crippen LogP contribution in [0.4, 0.5) is 8.78 Å². The topological polar surface area (TPSA) is 84.7 Å². The van der Waals surface area contributed by atoms with Crippen LogP contribution >= 0.6 is 0 Å². The summed E-state index contributed by atoms with van der Waals surface area (Å²) in [5, 5.41) is 13.8. The maximum absolute atomic E-state index is 14.0. The molecular weight excluding hydrogens is 348 g/mol. The van der Waals surface area contributed by atoms with E-state index in [1.807, 2.05) is 0 Å². The number of carbonyl (C=O) groups is 2. The molecule has 0 spiro atoms. The van der Waals surface area contributed by atoms with Crippen LogP contribution in [0.3, 0.4) is 0 Å². The van der Waals surface area contributed by atoms with E-state index in [-0.39, 0.29) is 24.2 Å². The first-order valence-corrected chi connectivity index (χ1v) is 7.90.